The molecular formula is C11H20N2OS. The number of rotatable bonds is 4. The molecule has 1 aromatic heterocycles. The van der Waals surface area contributed by atoms with Gasteiger partial charge in [-0.15, -0.1) is 0 Å². The van der Waals surface area contributed by atoms with Crippen LogP contribution in [0.15, 0.2) is 6.20 Å². The topological polar surface area (TPSA) is 36.4 Å². The number of nitrogens with zero attached hydrogens (tertiary/aromatic N) is 2. The zero-order valence-corrected chi connectivity index (χ0v) is 10.9. The van der Waals surface area contributed by atoms with Crippen molar-refractivity contribution < 1.29 is 5.11 Å². The third-order valence-corrected chi connectivity index (χ3v) is 4.06. The van der Waals surface area contributed by atoms with Crippen LogP contribution >= 0.6 is 11.3 Å². The molecule has 0 aromatic carbocycles. The van der Waals surface area contributed by atoms with Crippen LogP contribution in [0.25, 0.3) is 0 Å². The SMILES string of the molecule is CC(O)c1cnc(N(C)C(C)C(C)C)s1. The summed E-state index contributed by atoms with van der Waals surface area (Å²) in [7, 11) is 2.05. The highest BCUT2D eigenvalue weighted by atomic mass is 32.1. The first kappa shape index (κ1) is 12.5. The zero-order chi connectivity index (χ0) is 11.6. The zero-order valence-electron chi connectivity index (χ0n) is 10.1. The van der Waals surface area contributed by atoms with Crippen molar-refractivity contribution in [3.05, 3.63) is 11.1 Å². The normalized spacial score (nSPS) is 15.4. The Labute approximate surface area is 95.8 Å². The van der Waals surface area contributed by atoms with Crippen molar-refractivity contribution in [3.63, 3.8) is 0 Å². The van der Waals surface area contributed by atoms with Gasteiger partial charge >= 0.3 is 0 Å². The smallest absolute Gasteiger partial charge is 0.185 e. The van der Waals surface area contributed by atoms with E-state index >= 15 is 0 Å². The minimum Gasteiger partial charge on any atom is -0.388 e. The summed E-state index contributed by atoms with van der Waals surface area (Å²) in [6, 6.07) is 0.456. The molecule has 0 aliphatic heterocycles. The van der Waals surface area contributed by atoms with Crippen molar-refractivity contribution in [1.82, 2.24) is 4.98 Å². The van der Waals surface area contributed by atoms with Crippen LogP contribution in [0, 0.1) is 5.92 Å². The quantitative estimate of drug-likeness (QED) is 0.860. The van der Waals surface area contributed by atoms with E-state index < -0.39 is 6.10 Å². The van der Waals surface area contributed by atoms with Crippen LogP contribution in [-0.2, 0) is 0 Å². The summed E-state index contributed by atoms with van der Waals surface area (Å²) < 4.78 is 0. The molecule has 4 heteroatoms. The van der Waals surface area contributed by atoms with Crippen molar-refractivity contribution in [3.8, 4) is 0 Å². The van der Waals surface area contributed by atoms with E-state index in [0.29, 0.717) is 12.0 Å². The molecule has 1 rings (SSSR count). The van der Waals surface area contributed by atoms with Gasteiger partial charge in [-0.2, -0.15) is 0 Å². The van der Waals surface area contributed by atoms with E-state index in [1.807, 2.05) is 0 Å². The maximum absolute atomic E-state index is 9.42. The molecule has 0 aliphatic carbocycles. The lowest BCUT2D eigenvalue weighted by atomic mass is 10.1. The van der Waals surface area contributed by atoms with Crippen LogP contribution < -0.4 is 4.90 Å². The standard InChI is InChI=1S/C11H20N2OS/c1-7(2)8(3)13(5)11-12-6-10(15-11)9(4)14/h6-9,14H,1-5H3. The Balaban J connectivity index is 2.78. The number of aliphatic hydroxyl groups excluding tert-OH is 1. The molecule has 15 heavy (non-hydrogen) atoms. The molecule has 1 heterocycles. The fourth-order valence-corrected chi connectivity index (χ4v) is 2.16. The lowest BCUT2D eigenvalue weighted by molar-refractivity contribution is 0.203. The van der Waals surface area contributed by atoms with Crippen LogP contribution in [0.4, 0.5) is 5.13 Å². The molecule has 1 aromatic rings. The molecule has 1 N–H and O–H groups in total. The maximum atomic E-state index is 9.42. The fraction of sp³-hybridized carbons (Fsp3) is 0.727. The molecule has 0 spiro atoms. The summed E-state index contributed by atoms with van der Waals surface area (Å²) in [5.74, 6) is 0.592. The van der Waals surface area contributed by atoms with Gasteiger partial charge in [0.25, 0.3) is 0 Å². The summed E-state index contributed by atoms with van der Waals surface area (Å²) in [6.07, 6.45) is 1.34. The molecule has 0 bridgehead atoms. The predicted molar refractivity (Wildman–Crippen MR) is 65.5 cm³/mol. The number of hydrogen-bond donors (Lipinski definition) is 1. The summed E-state index contributed by atoms with van der Waals surface area (Å²) in [5, 5.41) is 10.4. The van der Waals surface area contributed by atoms with E-state index in [2.05, 4.69) is 37.7 Å². The van der Waals surface area contributed by atoms with Gasteiger partial charge in [0.1, 0.15) is 0 Å². The predicted octanol–water partition coefficient (Wildman–Crippen LogP) is 2.68. The summed E-state index contributed by atoms with van der Waals surface area (Å²) >= 11 is 1.56. The van der Waals surface area contributed by atoms with Crippen molar-refractivity contribution in [2.45, 2.75) is 39.8 Å². The Morgan fingerprint density at radius 2 is 1.93 bits per heavy atom. The van der Waals surface area contributed by atoms with Crippen LogP contribution in [0.2, 0.25) is 0 Å². The fourth-order valence-electron chi connectivity index (χ4n) is 1.25. The van der Waals surface area contributed by atoms with E-state index in [0.717, 1.165) is 10.0 Å². The van der Waals surface area contributed by atoms with Crippen LogP contribution in [0.1, 0.15) is 38.7 Å². The minimum atomic E-state index is -0.418. The molecule has 86 valence electrons. The Morgan fingerprint density at radius 3 is 2.33 bits per heavy atom. The Hall–Kier alpha value is -0.610. The minimum absolute atomic E-state index is 0.418. The molecule has 0 aliphatic rings. The van der Waals surface area contributed by atoms with Crippen molar-refractivity contribution >= 4 is 16.5 Å². The van der Waals surface area contributed by atoms with Gasteiger partial charge in [-0.25, -0.2) is 4.98 Å². The third kappa shape index (κ3) is 2.92. The molecule has 3 nitrogen and oxygen atoms in total. The lowest BCUT2D eigenvalue weighted by Gasteiger charge is -2.27. The van der Waals surface area contributed by atoms with Gasteiger partial charge in [0.05, 0.1) is 11.0 Å². The van der Waals surface area contributed by atoms with E-state index in [9.17, 15) is 5.11 Å². The molecule has 2 atom stereocenters. The number of aliphatic hydroxyl groups is 1. The van der Waals surface area contributed by atoms with Gasteiger partial charge in [0.2, 0.25) is 0 Å². The van der Waals surface area contributed by atoms with Gasteiger partial charge in [0, 0.05) is 19.3 Å². The van der Waals surface area contributed by atoms with Crippen molar-refractivity contribution in [2.75, 3.05) is 11.9 Å². The molecule has 0 amide bonds. The van der Waals surface area contributed by atoms with E-state index in [1.165, 1.54) is 0 Å². The van der Waals surface area contributed by atoms with Crippen molar-refractivity contribution in [2.24, 2.45) is 5.92 Å². The van der Waals surface area contributed by atoms with Gasteiger partial charge < -0.3 is 10.0 Å². The maximum Gasteiger partial charge on any atom is 0.185 e. The van der Waals surface area contributed by atoms with E-state index in [1.54, 1.807) is 24.5 Å². The Kier molecular flexibility index (Phi) is 4.11. The van der Waals surface area contributed by atoms with Crippen LogP contribution in [-0.4, -0.2) is 23.2 Å². The highest BCUT2D eigenvalue weighted by Crippen LogP contribution is 2.28. The molecule has 2 unspecified atom stereocenters. The summed E-state index contributed by atoms with van der Waals surface area (Å²) in [4.78, 5) is 7.42. The second-order valence-electron chi connectivity index (χ2n) is 4.32. The first-order valence-electron chi connectivity index (χ1n) is 5.30. The second-order valence-corrected chi connectivity index (χ2v) is 5.36. The highest BCUT2D eigenvalue weighted by molar-refractivity contribution is 7.15. The summed E-state index contributed by atoms with van der Waals surface area (Å²) in [6.45, 7) is 8.35. The van der Waals surface area contributed by atoms with Crippen LogP contribution in [0.3, 0.4) is 0 Å². The monoisotopic (exact) mass is 228 g/mol. The summed E-state index contributed by atoms with van der Waals surface area (Å²) in [5.41, 5.74) is 0. The molecule has 0 saturated heterocycles. The van der Waals surface area contributed by atoms with E-state index in [-0.39, 0.29) is 0 Å². The molecule has 0 fully saturated rings. The number of anilines is 1. The number of hydrogen-bond acceptors (Lipinski definition) is 4. The number of thiazole rings is 1. The van der Waals surface area contributed by atoms with Gasteiger partial charge in [-0.3, -0.25) is 0 Å². The largest absolute Gasteiger partial charge is 0.388 e. The third-order valence-electron chi connectivity index (χ3n) is 2.80. The Morgan fingerprint density at radius 1 is 1.33 bits per heavy atom. The van der Waals surface area contributed by atoms with Gasteiger partial charge in [-0.05, 0) is 19.8 Å². The van der Waals surface area contributed by atoms with Gasteiger partial charge in [0.15, 0.2) is 5.13 Å². The molecule has 0 radical (unpaired) electrons. The molecule has 0 saturated carbocycles. The second kappa shape index (κ2) is 4.94. The Bertz CT molecular complexity index is 309. The number of aromatic nitrogens is 1. The van der Waals surface area contributed by atoms with Crippen molar-refractivity contribution in [1.29, 1.82) is 0 Å². The van der Waals surface area contributed by atoms with E-state index in [4.69, 9.17) is 0 Å². The average Bonchev–Trinajstić information content (AvgIpc) is 2.64. The first-order chi connectivity index (χ1) is 6.93. The lowest BCUT2D eigenvalue weighted by Crippen LogP contribution is -2.32. The van der Waals surface area contributed by atoms with Crippen LogP contribution in [0.5, 0.6) is 0 Å². The first-order valence-corrected chi connectivity index (χ1v) is 6.11. The highest BCUT2D eigenvalue weighted by Gasteiger charge is 2.17. The molecular weight excluding hydrogens is 208 g/mol. The average molecular weight is 228 g/mol. The van der Waals surface area contributed by atoms with Gasteiger partial charge in [-0.1, -0.05) is 25.2 Å².